The summed E-state index contributed by atoms with van der Waals surface area (Å²) < 4.78 is 2.58. The molecule has 1 N–H and O–H groups in total. The van der Waals surface area contributed by atoms with Crippen molar-refractivity contribution in [1.82, 2.24) is 9.55 Å². The molecule has 0 bridgehead atoms. The van der Waals surface area contributed by atoms with Crippen LogP contribution in [0.1, 0.15) is 5.56 Å². The number of benzene rings is 1. The first-order valence-corrected chi connectivity index (χ1v) is 7.75. The predicted molar refractivity (Wildman–Crippen MR) is 86.8 cm³/mol. The van der Waals surface area contributed by atoms with E-state index in [1.807, 2.05) is 17.5 Å². The molecule has 0 unspecified atom stereocenters. The second kappa shape index (κ2) is 5.33. The first kappa shape index (κ1) is 13.8. The molecule has 2 heterocycles. The maximum absolute atomic E-state index is 12.4. The van der Waals surface area contributed by atoms with Gasteiger partial charge in [0.05, 0.1) is 22.1 Å². The summed E-state index contributed by atoms with van der Waals surface area (Å²) in [6, 6.07) is 7.12. The van der Waals surface area contributed by atoms with E-state index in [9.17, 15) is 4.79 Å². The molecule has 0 spiro atoms. The third kappa shape index (κ3) is 2.42. The third-order valence-corrected chi connectivity index (χ3v) is 4.88. The number of halogens is 2. The Hall–Kier alpha value is -1.14. The number of nitrogens with one attached hydrogen (secondary N) is 1. The van der Waals surface area contributed by atoms with Gasteiger partial charge >= 0.3 is 0 Å². The number of aromatic amines is 1. The number of H-pyrrole nitrogens is 1. The van der Waals surface area contributed by atoms with E-state index < -0.39 is 0 Å². The van der Waals surface area contributed by atoms with Crippen LogP contribution >= 0.6 is 46.8 Å². The SMILES string of the molecule is O=c1c2sccc2[nH]c(=S)n1Cc1ccc(Cl)c(Cl)c1. The second-order valence-corrected chi connectivity index (χ2v) is 6.35. The second-order valence-electron chi connectivity index (χ2n) is 4.23. The highest BCUT2D eigenvalue weighted by Crippen LogP contribution is 2.23. The Morgan fingerprint density at radius 3 is 2.80 bits per heavy atom. The van der Waals surface area contributed by atoms with Crippen LogP contribution in [0.15, 0.2) is 34.4 Å². The average molecular weight is 343 g/mol. The molecule has 0 saturated carbocycles. The van der Waals surface area contributed by atoms with Crippen molar-refractivity contribution in [2.45, 2.75) is 6.54 Å². The van der Waals surface area contributed by atoms with Gasteiger partial charge in [0.1, 0.15) is 4.70 Å². The molecule has 3 nitrogen and oxygen atoms in total. The molecule has 1 aromatic carbocycles. The maximum Gasteiger partial charge on any atom is 0.272 e. The smallest absolute Gasteiger partial charge is 0.272 e. The Bertz CT molecular complexity index is 911. The molecule has 2 aromatic heterocycles. The fourth-order valence-corrected chi connectivity index (χ4v) is 3.31. The van der Waals surface area contributed by atoms with E-state index in [1.54, 1.807) is 12.1 Å². The minimum atomic E-state index is -0.0928. The quantitative estimate of drug-likeness (QED) is 0.697. The molecule has 0 atom stereocenters. The molecule has 0 aliphatic carbocycles. The largest absolute Gasteiger partial charge is 0.331 e. The van der Waals surface area contributed by atoms with Crippen LogP contribution in [0.3, 0.4) is 0 Å². The lowest BCUT2D eigenvalue weighted by molar-refractivity contribution is 0.736. The summed E-state index contributed by atoms with van der Waals surface area (Å²) in [4.78, 5) is 15.4. The number of nitrogens with zero attached hydrogens (tertiary/aromatic N) is 1. The van der Waals surface area contributed by atoms with Crippen LogP contribution in [0, 0.1) is 4.77 Å². The van der Waals surface area contributed by atoms with Gasteiger partial charge in [-0.25, -0.2) is 0 Å². The van der Waals surface area contributed by atoms with Gasteiger partial charge in [0, 0.05) is 0 Å². The molecule has 0 amide bonds. The summed E-state index contributed by atoms with van der Waals surface area (Å²) in [5, 5.41) is 2.81. The molecule has 0 aliphatic heterocycles. The Kier molecular flexibility index (Phi) is 3.69. The molecule has 0 fully saturated rings. The van der Waals surface area contributed by atoms with Crippen LogP contribution in [0.4, 0.5) is 0 Å². The standard InChI is InChI=1S/C13H8Cl2N2OS2/c14-8-2-1-7(5-9(8)15)6-17-12(18)11-10(3-4-20-11)16-13(17)19/h1-5H,6H2,(H,16,19). The fourth-order valence-electron chi connectivity index (χ4n) is 1.93. The van der Waals surface area contributed by atoms with Crippen molar-refractivity contribution >= 4 is 57.0 Å². The summed E-state index contributed by atoms with van der Waals surface area (Å²) in [7, 11) is 0. The van der Waals surface area contributed by atoms with Crippen molar-refractivity contribution in [2.24, 2.45) is 0 Å². The number of aromatic nitrogens is 2. The molecule has 0 aliphatic rings. The van der Waals surface area contributed by atoms with Crippen molar-refractivity contribution in [1.29, 1.82) is 0 Å². The van der Waals surface area contributed by atoms with Gasteiger partial charge in [-0.15, -0.1) is 11.3 Å². The van der Waals surface area contributed by atoms with Gasteiger partial charge < -0.3 is 4.98 Å². The molecule has 102 valence electrons. The van der Waals surface area contributed by atoms with E-state index in [2.05, 4.69) is 4.98 Å². The number of rotatable bonds is 2. The van der Waals surface area contributed by atoms with Crippen LogP contribution < -0.4 is 5.56 Å². The van der Waals surface area contributed by atoms with Gasteiger partial charge in [0.15, 0.2) is 4.77 Å². The van der Waals surface area contributed by atoms with Gasteiger partial charge in [0.25, 0.3) is 5.56 Å². The minimum Gasteiger partial charge on any atom is -0.331 e. The first-order chi connectivity index (χ1) is 9.56. The van der Waals surface area contributed by atoms with E-state index in [0.717, 1.165) is 11.1 Å². The number of hydrogen-bond acceptors (Lipinski definition) is 3. The molecule has 20 heavy (non-hydrogen) atoms. The van der Waals surface area contributed by atoms with Crippen LogP contribution in [0.5, 0.6) is 0 Å². The Morgan fingerprint density at radius 1 is 1.25 bits per heavy atom. The van der Waals surface area contributed by atoms with Gasteiger partial charge in [0.2, 0.25) is 0 Å². The zero-order valence-electron chi connectivity index (χ0n) is 10.0. The molecule has 0 saturated heterocycles. The number of thiophene rings is 1. The van der Waals surface area contributed by atoms with E-state index in [1.165, 1.54) is 15.9 Å². The van der Waals surface area contributed by atoms with Crippen molar-refractivity contribution in [3.8, 4) is 0 Å². The Labute approximate surface area is 133 Å². The van der Waals surface area contributed by atoms with Crippen molar-refractivity contribution in [3.05, 3.63) is 60.4 Å². The normalized spacial score (nSPS) is 11.1. The summed E-state index contributed by atoms with van der Waals surface area (Å²) in [5.41, 5.74) is 1.55. The Balaban J connectivity index is 2.12. The summed E-state index contributed by atoms with van der Waals surface area (Å²) in [5.74, 6) is 0. The summed E-state index contributed by atoms with van der Waals surface area (Å²) in [6.45, 7) is 0.360. The summed E-state index contributed by atoms with van der Waals surface area (Å²) >= 11 is 18.5. The van der Waals surface area contributed by atoms with E-state index >= 15 is 0 Å². The van der Waals surface area contributed by atoms with Gasteiger partial charge in [-0.3, -0.25) is 9.36 Å². The van der Waals surface area contributed by atoms with Gasteiger partial charge in [-0.05, 0) is 41.4 Å². The molecular weight excluding hydrogens is 335 g/mol. The number of fused-ring (bicyclic) bond motifs is 1. The first-order valence-electron chi connectivity index (χ1n) is 5.70. The molecule has 7 heteroatoms. The van der Waals surface area contributed by atoms with Gasteiger partial charge in [-0.1, -0.05) is 29.3 Å². The highest BCUT2D eigenvalue weighted by atomic mass is 35.5. The van der Waals surface area contributed by atoms with Crippen molar-refractivity contribution < 1.29 is 0 Å². The lowest BCUT2D eigenvalue weighted by Crippen LogP contribution is -2.21. The third-order valence-electron chi connectivity index (χ3n) is 2.92. The maximum atomic E-state index is 12.4. The van der Waals surface area contributed by atoms with E-state index in [-0.39, 0.29) is 5.56 Å². The predicted octanol–water partition coefficient (Wildman–Crippen LogP) is 4.48. The molecule has 3 rings (SSSR count). The van der Waals surface area contributed by atoms with Crippen LogP contribution in [0.2, 0.25) is 10.0 Å². The van der Waals surface area contributed by atoms with Crippen LogP contribution in [-0.2, 0) is 6.54 Å². The minimum absolute atomic E-state index is 0.0928. The molecule has 0 radical (unpaired) electrons. The molecule has 3 aromatic rings. The van der Waals surface area contributed by atoms with Crippen molar-refractivity contribution in [2.75, 3.05) is 0 Å². The highest BCUT2D eigenvalue weighted by Gasteiger charge is 2.08. The van der Waals surface area contributed by atoms with Crippen LogP contribution in [0.25, 0.3) is 10.2 Å². The monoisotopic (exact) mass is 342 g/mol. The number of hydrogen-bond donors (Lipinski definition) is 1. The van der Waals surface area contributed by atoms with Gasteiger partial charge in [-0.2, -0.15) is 0 Å². The highest BCUT2D eigenvalue weighted by molar-refractivity contribution is 7.71. The molecular formula is C13H8Cl2N2OS2. The summed E-state index contributed by atoms with van der Waals surface area (Å²) in [6.07, 6.45) is 0. The topological polar surface area (TPSA) is 37.8 Å². The zero-order valence-corrected chi connectivity index (χ0v) is 13.2. The lowest BCUT2D eigenvalue weighted by atomic mass is 10.2. The fraction of sp³-hybridized carbons (Fsp3) is 0.0769. The van der Waals surface area contributed by atoms with Crippen molar-refractivity contribution in [3.63, 3.8) is 0 Å². The van der Waals surface area contributed by atoms with E-state index in [0.29, 0.717) is 26.1 Å². The Morgan fingerprint density at radius 2 is 2.05 bits per heavy atom. The lowest BCUT2D eigenvalue weighted by Gasteiger charge is -2.07. The van der Waals surface area contributed by atoms with Crippen LogP contribution in [-0.4, -0.2) is 9.55 Å². The zero-order chi connectivity index (χ0) is 14.3. The van der Waals surface area contributed by atoms with E-state index in [4.69, 9.17) is 35.4 Å². The average Bonchev–Trinajstić information content (AvgIpc) is 2.87.